The van der Waals surface area contributed by atoms with Crippen molar-refractivity contribution in [2.45, 2.75) is 6.61 Å². The van der Waals surface area contributed by atoms with Gasteiger partial charge >= 0.3 is 12.1 Å². The van der Waals surface area contributed by atoms with Crippen molar-refractivity contribution in [3.05, 3.63) is 196 Å². The molecule has 0 spiro atoms. The van der Waals surface area contributed by atoms with Gasteiger partial charge in [0.15, 0.2) is 17.8 Å². The third kappa shape index (κ3) is 11.8. The Kier molecular flexibility index (Phi) is 14.9. The fourth-order valence-corrected chi connectivity index (χ4v) is 6.32. The lowest BCUT2D eigenvalue weighted by Crippen LogP contribution is -2.28. The summed E-state index contributed by atoms with van der Waals surface area (Å²) in [5, 5.41) is 2.46. The van der Waals surface area contributed by atoms with E-state index in [0.29, 0.717) is 43.1 Å². The summed E-state index contributed by atoms with van der Waals surface area (Å²) < 4.78 is 23.1. The average molecular weight is 914 g/mol. The normalized spacial score (nSPS) is 10.7. The van der Waals surface area contributed by atoms with Gasteiger partial charge in [-0.05, 0) is 90.0 Å². The Labute approximate surface area is 357 Å². The number of carbonyl (C=O) groups excluding carboxylic acids is 3. The van der Waals surface area contributed by atoms with E-state index in [1.165, 1.54) is 25.6 Å². The van der Waals surface area contributed by atoms with Crippen molar-refractivity contribution in [3.63, 3.8) is 0 Å². The summed E-state index contributed by atoms with van der Waals surface area (Å²) >= 11 is 6.74. The molecular formula is C47H35Br2N3O7. The zero-order valence-corrected chi connectivity index (χ0v) is 34.6. The highest BCUT2D eigenvalue weighted by Gasteiger charge is 2.18. The maximum atomic E-state index is 12.4. The van der Waals surface area contributed by atoms with Crippen LogP contribution >= 0.6 is 31.9 Å². The standard InChI is InChI=1S/C29H23BrN2O5.C18H12BrNO2/c1-35-28(33)26(32-29(34)36-19-20-8-4-2-5-9-20)16-24-25(30)17-31-18-27(24)37-23-14-12-22(13-15-23)21-10-6-3-7-11-21;19-17-10-20-11-18(16(17)12-21)22-15-8-6-14(7-9-15)13-4-2-1-3-5-13/h2-18H,19H2,1H3,(H,32,34);1-12H/b26-16-;. The number of esters is 1. The lowest BCUT2D eigenvalue weighted by Gasteiger charge is -2.13. The predicted molar refractivity (Wildman–Crippen MR) is 233 cm³/mol. The van der Waals surface area contributed by atoms with Crippen LogP contribution in [0.25, 0.3) is 28.3 Å². The highest BCUT2D eigenvalue weighted by atomic mass is 79.9. The second-order valence-corrected chi connectivity index (χ2v) is 14.1. The molecule has 0 atom stereocenters. The molecule has 0 unspecified atom stereocenters. The summed E-state index contributed by atoms with van der Waals surface area (Å²) in [6.07, 6.45) is 7.55. The van der Waals surface area contributed by atoms with Crippen LogP contribution in [0.2, 0.25) is 0 Å². The highest BCUT2D eigenvalue weighted by molar-refractivity contribution is 9.10. The quantitative estimate of drug-likeness (QED) is 0.0724. The largest absolute Gasteiger partial charge is 0.464 e. The summed E-state index contributed by atoms with van der Waals surface area (Å²) in [6.45, 7) is 0.0490. The van der Waals surface area contributed by atoms with E-state index in [9.17, 15) is 14.4 Å². The van der Waals surface area contributed by atoms with E-state index in [0.717, 1.165) is 34.1 Å². The number of hydrogen-bond donors (Lipinski definition) is 1. The lowest BCUT2D eigenvalue weighted by molar-refractivity contribution is -0.136. The minimum Gasteiger partial charge on any atom is -0.464 e. The van der Waals surface area contributed by atoms with Gasteiger partial charge in [0, 0.05) is 22.4 Å². The number of alkyl carbamates (subject to hydrolysis) is 1. The second kappa shape index (κ2) is 21.0. The van der Waals surface area contributed by atoms with Crippen molar-refractivity contribution >= 4 is 56.3 Å². The van der Waals surface area contributed by atoms with Gasteiger partial charge in [-0.15, -0.1) is 0 Å². The van der Waals surface area contributed by atoms with Crippen molar-refractivity contribution < 1.29 is 33.3 Å². The summed E-state index contributed by atoms with van der Waals surface area (Å²) in [4.78, 5) is 44.2. The molecule has 10 nitrogen and oxygen atoms in total. The molecular weight excluding hydrogens is 878 g/mol. The third-order valence-corrected chi connectivity index (χ3v) is 9.71. The van der Waals surface area contributed by atoms with E-state index in [4.69, 9.17) is 18.9 Å². The first-order chi connectivity index (χ1) is 28.8. The molecule has 0 aliphatic rings. The molecule has 2 heterocycles. The average Bonchev–Trinajstić information content (AvgIpc) is 3.28. The molecule has 59 heavy (non-hydrogen) atoms. The Morgan fingerprint density at radius 2 is 1.03 bits per heavy atom. The van der Waals surface area contributed by atoms with Crippen molar-refractivity contribution in [2.24, 2.45) is 0 Å². The second-order valence-electron chi connectivity index (χ2n) is 12.4. The van der Waals surface area contributed by atoms with Crippen molar-refractivity contribution in [2.75, 3.05) is 7.11 Å². The summed E-state index contributed by atoms with van der Waals surface area (Å²) in [5.41, 5.74) is 6.00. The van der Waals surface area contributed by atoms with Gasteiger partial charge in [-0.2, -0.15) is 0 Å². The molecule has 7 aromatic rings. The fraction of sp³-hybridized carbons (Fsp3) is 0.0426. The molecule has 2 aromatic heterocycles. The number of nitrogens with zero attached hydrogens (tertiary/aromatic N) is 2. The Bertz CT molecular complexity index is 2520. The first-order valence-corrected chi connectivity index (χ1v) is 19.6. The molecule has 5 aromatic carbocycles. The van der Waals surface area contributed by atoms with Crippen LogP contribution in [0.15, 0.2) is 179 Å². The van der Waals surface area contributed by atoms with Crippen molar-refractivity contribution in [3.8, 4) is 45.3 Å². The number of halogens is 2. The van der Waals surface area contributed by atoms with E-state index < -0.39 is 12.1 Å². The number of aldehydes is 1. The fourth-order valence-electron chi connectivity index (χ4n) is 5.49. The van der Waals surface area contributed by atoms with Gasteiger partial charge in [-0.25, -0.2) is 9.59 Å². The first kappa shape index (κ1) is 41.7. The van der Waals surface area contributed by atoms with E-state index >= 15 is 0 Å². The molecule has 1 amide bonds. The van der Waals surface area contributed by atoms with Crippen LogP contribution in [0.4, 0.5) is 4.79 Å². The molecule has 294 valence electrons. The predicted octanol–water partition coefficient (Wildman–Crippen LogP) is 11.9. The number of amides is 1. The molecule has 7 rings (SSSR count). The third-order valence-electron chi connectivity index (χ3n) is 8.44. The van der Waals surface area contributed by atoms with Gasteiger partial charge in [0.05, 0.1) is 29.5 Å². The molecule has 1 N–H and O–H groups in total. The lowest BCUT2D eigenvalue weighted by atomic mass is 10.1. The molecule has 0 aliphatic carbocycles. The molecule has 0 aliphatic heterocycles. The number of aromatic nitrogens is 2. The number of pyridine rings is 2. The molecule has 0 radical (unpaired) electrons. The van der Waals surface area contributed by atoms with Gasteiger partial charge in [0.1, 0.15) is 23.8 Å². The topological polar surface area (TPSA) is 126 Å². The molecule has 0 saturated carbocycles. The maximum Gasteiger partial charge on any atom is 0.412 e. The minimum atomic E-state index is -0.801. The Balaban J connectivity index is 0.000000226. The number of methoxy groups -OCH3 is 1. The van der Waals surface area contributed by atoms with Crippen molar-refractivity contribution in [1.82, 2.24) is 15.3 Å². The van der Waals surface area contributed by atoms with E-state index in [1.54, 1.807) is 12.4 Å². The Morgan fingerprint density at radius 1 is 0.593 bits per heavy atom. The number of rotatable bonds is 12. The zero-order chi connectivity index (χ0) is 41.4. The molecule has 0 bridgehead atoms. The SMILES string of the molecule is COC(=O)/C(=C/c1c(Br)cncc1Oc1ccc(-c2ccccc2)cc1)NC(=O)OCc1ccccc1.O=Cc1c(Br)cncc1Oc1ccc(-c2ccccc2)cc1. The van der Waals surface area contributed by atoms with Crippen LogP contribution in [-0.2, 0) is 20.9 Å². The van der Waals surface area contributed by atoms with E-state index in [1.807, 2.05) is 127 Å². The highest BCUT2D eigenvalue weighted by Crippen LogP contribution is 2.33. The van der Waals surface area contributed by atoms with Crippen LogP contribution < -0.4 is 14.8 Å². The van der Waals surface area contributed by atoms with Crippen LogP contribution in [0.3, 0.4) is 0 Å². The van der Waals surface area contributed by atoms with E-state index in [2.05, 4.69) is 59.3 Å². The first-order valence-electron chi connectivity index (χ1n) is 18.0. The van der Waals surface area contributed by atoms with Crippen LogP contribution in [-0.4, -0.2) is 35.4 Å². The van der Waals surface area contributed by atoms with Crippen molar-refractivity contribution in [1.29, 1.82) is 0 Å². The van der Waals surface area contributed by atoms with Gasteiger partial charge < -0.3 is 18.9 Å². The zero-order valence-electron chi connectivity index (χ0n) is 31.5. The smallest absolute Gasteiger partial charge is 0.412 e. The van der Waals surface area contributed by atoms with Crippen LogP contribution in [0, 0.1) is 0 Å². The monoisotopic (exact) mass is 911 g/mol. The Morgan fingerprint density at radius 3 is 1.51 bits per heavy atom. The summed E-state index contributed by atoms with van der Waals surface area (Å²) in [6, 6.07) is 44.6. The summed E-state index contributed by atoms with van der Waals surface area (Å²) in [7, 11) is 1.22. The van der Waals surface area contributed by atoms with Gasteiger partial charge in [0.25, 0.3) is 0 Å². The number of nitrogens with one attached hydrogen (secondary N) is 1. The number of benzene rings is 5. The maximum absolute atomic E-state index is 12.4. The Hall–Kier alpha value is -6.89. The van der Waals surface area contributed by atoms with Crippen LogP contribution in [0.1, 0.15) is 21.5 Å². The van der Waals surface area contributed by atoms with Gasteiger partial charge in [0.2, 0.25) is 0 Å². The molecule has 12 heteroatoms. The van der Waals surface area contributed by atoms with Crippen LogP contribution in [0.5, 0.6) is 23.0 Å². The molecule has 0 saturated heterocycles. The number of hydrogen-bond acceptors (Lipinski definition) is 9. The van der Waals surface area contributed by atoms with Gasteiger partial charge in [-0.1, -0.05) is 115 Å². The van der Waals surface area contributed by atoms with E-state index in [-0.39, 0.29) is 12.3 Å². The number of ether oxygens (including phenoxy) is 4. The van der Waals surface area contributed by atoms with Gasteiger partial charge in [-0.3, -0.25) is 20.1 Å². The number of carbonyl (C=O) groups is 3. The minimum absolute atomic E-state index is 0.0490. The molecule has 0 fully saturated rings. The summed E-state index contributed by atoms with van der Waals surface area (Å²) in [5.74, 6) is 1.27.